The first-order chi connectivity index (χ1) is 10.1. The van der Waals surface area contributed by atoms with E-state index >= 15 is 0 Å². The molecule has 0 aliphatic heterocycles. The van der Waals surface area contributed by atoms with Gasteiger partial charge in [0.15, 0.2) is 0 Å². The van der Waals surface area contributed by atoms with Crippen LogP contribution in [0.1, 0.15) is 5.56 Å². The predicted molar refractivity (Wildman–Crippen MR) is 80.5 cm³/mol. The largest absolute Gasteiger partial charge is 0.478 e. The highest BCUT2D eigenvalue weighted by Crippen LogP contribution is 2.19. The van der Waals surface area contributed by atoms with E-state index in [0.29, 0.717) is 6.54 Å². The molecule has 4 heteroatoms. The molecular weight excluding hydrogens is 266 g/mol. The second kappa shape index (κ2) is 7.05. The topological polar surface area (TPSA) is 66.4 Å². The minimum Gasteiger partial charge on any atom is -0.478 e. The van der Waals surface area contributed by atoms with E-state index in [9.17, 15) is 9.59 Å². The van der Waals surface area contributed by atoms with E-state index in [1.165, 1.54) is 0 Å². The maximum atomic E-state index is 11.3. The van der Waals surface area contributed by atoms with Gasteiger partial charge in [-0.1, -0.05) is 54.6 Å². The molecule has 0 atom stereocenters. The van der Waals surface area contributed by atoms with Crippen molar-refractivity contribution in [3.63, 3.8) is 0 Å². The summed E-state index contributed by atoms with van der Waals surface area (Å²) in [6.45, 7) is 0.359. The first-order valence-electron chi connectivity index (χ1n) is 6.48. The lowest BCUT2D eigenvalue weighted by Gasteiger charge is -2.05. The van der Waals surface area contributed by atoms with Crippen molar-refractivity contribution < 1.29 is 14.7 Å². The van der Waals surface area contributed by atoms with Gasteiger partial charge in [-0.3, -0.25) is 4.79 Å². The molecule has 0 saturated heterocycles. The molecule has 0 aliphatic rings. The van der Waals surface area contributed by atoms with Crippen molar-refractivity contribution in [1.82, 2.24) is 5.32 Å². The van der Waals surface area contributed by atoms with Gasteiger partial charge < -0.3 is 10.4 Å². The van der Waals surface area contributed by atoms with E-state index in [0.717, 1.165) is 28.8 Å². The molecule has 0 spiro atoms. The van der Waals surface area contributed by atoms with Gasteiger partial charge >= 0.3 is 5.97 Å². The molecule has 0 heterocycles. The molecule has 2 aromatic carbocycles. The number of benzene rings is 2. The van der Waals surface area contributed by atoms with Crippen LogP contribution in [0.2, 0.25) is 0 Å². The number of carbonyl (C=O) groups is 2. The number of carboxylic acids is 1. The average molecular weight is 281 g/mol. The molecule has 0 aliphatic carbocycles. The molecule has 2 aromatic rings. The minimum absolute atomic E-state index is 0.359. The Kier molecular flexibility index (Phi) is 4.88. The zero-order valence-corrected chi connectivity index (χ0v) is 11.3. The smallest absolute Gasteiger partial charge is 0.328 e. The molecule has 1 amide bonds. The molecule has 4 nitrogen and oxygen atoms in total. The number of hydrogen-bond acceptors (Lipinski definition) is 2. The lowest BCUT2D eigenvalue weighted by atomic mass is 10.0. The fourth-order valence-electron chi connectivity index (χ4n) is 1.84. The van der Waals surface area contributed by atoms with Crippen molar-refractivity contribution in [1.29, 1.82) is 0 Å². The molecule has 0 bridgehead atoms. The molecule has 106 valence electrons. The maximum absolute atomic E-state index is 11.3. The Morgan fingerprint density at radius 3 is 2.14 bits per heavy atom. The van der Waals surface area contributed by atoms with Gasteiger partial charge in [0.25, 0.3) is 0 Å². The second-order valence-corrected chi connectivity index (χ2v) is 4.45. The summed E-state index contributed by atoms with van der Waals surface area (Å²) in [6.07, 6.45) is 1.81. The highest BCUT2D eigenvalue weighted by atomic mass is 16.4. The Labute approximate surface area is 122 Å². The molecular formula is C17H15NO3. The zero-order chi connectivity index (χ0) is 15.1. The number of aliphatic carboxylic acids is 1. The number of amides is 1. The number of nitrogens with one attached hydrogen (secondary N) is 1. The highest BCUT2D eigenvalue weighted by molar-refractivity contribution is 5.93. The van der Waals surface area contributed by atoms with E-state index < -0.39 is 11.9 Å². The summed E-state index contributed by atoms with van der Waals surface area (Å²) in [6, 6.07) is 17.9. The Bertz CT molecular complexity index is 645. The van der Waals surface area contributed by atoms with E-state index in [2.05, 4.69) is 5.32 Å². The second-order valence-electron chi connectivity index (χ2n) is 4.45. The van der Waals surface area contributed by atoms with Gasteiger partial charge in [0.1, 0.15) is 0 Å². The normalized spacial score (nSPS) is 10.5. The van der Waals surface area contributed by atoms with E-state index in [4.69, 9.17) is 5.11 Å². The third-order valence-electron chi connectivity index (χ3n) is 2.91. The van der Waals surface area contributed by atoms with Crippen molar-refractivity contribution in [3.05, 3.63) is 72.3 Å². The summed E-state index contributed by atoms with van der Waals surface area (Å²) >= 11 is 0. The summed E-state index contributed by atoms with van der Waals surface area (Å²) in [4.78, 5) is 21.6. The van der Waals surface area contributed by atoms with Crippen LogP contribution >= 0.6 is 0 Å². The maximum Gasteiger partial charge on any atom is 0.328 e. The van der Waals surface area contributed by atoms with Gasteiger partial charge in [-0.2, -0.15) is 0 Å². The Morgan fingerprint density at radius 1 is 0.905 bits per heavy atom. The van der Waals surface area contributed by atoms with Crippen LogP contribution < -0.4 is 5.32 Å². The molecule has 0 radical (unpaired) electrons. The van der Waals surface area contributed by atoms with Gasteiger partial charge in [-0.05, 0) is 16.7 Å². The summed E-state index contributed by atoms with van der Waals surface area (Å²) < 4.78 is 0. The molecule has 2 rings (SSSR count). The SMILES string of the molecule is O=C(O)/C=C\C(=O)NCc1ccc(-c2ccccc2)cc1. The highest BCUT2D eigenvalue weighted by Gasteiger charge is 2.00. The lowest BCUT2D eigenvalue weighted by molar-refractivity contribution is -0.131. The van der Waals surface area contributed by atoms with Gasteiger partial charge in [-0.15, -0.1) is 0 Å². The molecule has 0 saturated carbocycles. The monoisotopic (exact) mass is 281 g/mol. The summed E-state index contributed by atoms with van der Waals surface area (Å²) in [5.74, 6) is -1.57. The zero-order valence-electron chi connectivity index (χ0n) is 11.3. The van der Waals surface area contributed by atoms with Crippen molar-refractivity contribution >= 4 is 11.9 Å². The number of carbonyl (C=O) groups excluding carboxylic acids is 1. The number of rotatable bonds is 5. The van der Waals surface area contributed by atoms with Gasteiger partial charge in [-0.25, -0.2) is 4.79 Å². The van der Waals surface area contributed by atoms with E-state index in [1.807, 2.05) is 54.6 Å². The van der Waals surface area contributed by atoms with Crippen molar-refractivity contribution in [2.45, 2.75) is 6.54 Å². The fourth-order valence-corrected chi connectivity index (χ4v) is 1.84. The Balaban J connectivity index is 1.94. The first kappa shape index (κ1) is 14.5. The third-order valence-corrected chi connectivity index (χ3v) is 2.91. The molecule has 0 aromatic heterocycles. The van der Waals surface area contributed by atoms with E-state index in [1.54, 1.807) is 0 Å². The van der Waals surface area contributed by atoms with Gasteiger partial charge in [0, 0.05) is 18.7 Å². The van der Waals surface area contributed by atoms with Crippen LogP contribution in [0.4, 0.5) is 0 Å². The van der Waals surface area contributed by atoms with Crippen LogP contribution in [0, 0.1) is 0 Å². The third kappa shape index (κ3) is 4.62. The Hall–Kier alpha value is -2.88. The summed E-state index contributed by atoms with van der Waals surface area (Å²) in [5, 5.41) is 11.0. The van der Waals surface area contributed by atoms with Crippen LogP contribution in [0.15, 0.2) is 66.7 Å². The fraction of sp³-hybridized carbons (Fsp3) is 0.0588. The quantitative estimate of drug-likeness (QED) is 0.828. The van der Waals surface area contributed by atoms with Crippen LogP contribution in [0.25, 0.3) is 11.1 Å². The van der Waals surface area contributed by atoms with Gasteiger partial charge in [0.2, 0.25) is 5.91 Å². The minimum atomic E-state index is -1.14. The van der Waals surface area contributed by atoms with Crippen molar-refractivity contribution in [2.24, 2.45) is 0 Å². The Morgan fingerprint density at radius 2 is 1.52 bits per heavy atom. The number of hydrogen-bond donors (Lipinski definition) is 2. The van der Waals surface area contributed by atoms with Crippen LogP contribution in [-0.4, -0.2) is 17.0 Å². The van der Waals surface area contributed by atoms with Crippen LogP contribution in [0.5, 0.6) is 0 Å². The molecule has 21 heavy (non-hydrogen) atoms. The van der Waals surface area contributed by atoms with Crippen LogP contribution in [-0.2, 0) is 16.1 Å². The number of carboxylic acid groups (broad SMARTS) is 1. The summed E-state index contributed by atoms with van der Waals surface area (Å²) in [5.41, 5.74) is 3.20. The molecule has 0 unspecified atom stereocenters. The predicted octanol–water partition coefficient (Wildman–Crippen LogP) is 2.61. The molecule has 2 N–H and O–H groups in total. The first-order valence-corrected chi connectivity index (χ1v) is 6.48. The average Bonchev–Trinajstić information content (AvgIpc) is 2.52. The lowest BCUT2D eigenvalue weighted by Crippen LogP contribution is -2.20. The van der Waals surface area contributed by atoms with Gasteiger partial charge in [0.05, 0.1) is 0 Å². The summed E-state index contributed by atoms with van der Waals surface area (Å²) in [7, 11) is 0. The van der Waals surface area contributed by atoms with E-state index in [-0.39, 0.29) is 0 Å². The molecule has 0 fully saturated rings. The van der Waals surface area contributed by atoms with Crippen LogP contribution in [0.3, 0.4) is 0 Å². The van der Waals surface area contributed by atoms with Crippen molar-refractivity contribution in [3.8, 4) is 11.1 Å². The standard InChI is InChI=1S/C17H15NO3/c19-16(10-11-17(20)21)18-12-13-6-8-15(9-7-13)14-4-2-1-3-5-14/h1-11H,12H2,(H,18,19)(H,20,21)/b11-10-. The van der Waals surface area contributed by atoms with Crippen molar-refractivity contribution in [2.75, 3.05) is 0 Å².